The van der Waals surface area contributed by atoms with Gasteiger partial charge >= 0.3 is 0 Å². The minimum atomic E-state index is -0.133. The Morgan fingerprint density at radius 3 is 2.83 bits per heavy atom. The molecule has 0 spiro atoms. The SMILES string of the molecule is CCOc1nc(C)ccc1-c1cnc2cc1O[C@@H](C)CCOc1c(cnn1C)-c1nccc(n1)N2. The van der Waals surface area contributed by atoms with E-state index >= 15 is 0 Å². The fraction of sp³-hybridized carbons (Fsp3) is 0.320. The van der Waals surface area contributed by atoms with Crippen LogP contribution in [0.5, 0.6) is 17.5 Å². The van der Waals surface area contributed by atoms with Gasteiger partial charge in [0.15, 0.2) is 5.82 Å². The van der Waals surface area contributed by atoms with Crippen molar-refractivity contribution in [3.05, 3.63) is 48.5 Å². The molecular formula is C25H27N7O3. The highest BCUT2D eigenvalue weighted by Gasteiger charge is 2.20. The Hall–Kier alpha value is -4.21. The van der Waals surface area contributed by atoms with Gasteiger partial charge in [-0.25, -0.2) is 24.6 Å². The van der Waals surface area contributed by atoms with Gasteiger partial charge in [0.1, 0.15) is 22.9 Å². The molecule has 4 bridgehead atoms. The second-order valence-corrected chi connectivity index (χ2v) is 8.25. The van der Waals surface area contributed by atoms with Crippen LogP contribution in [0.15, 0.2) is 42.9 Å². The van der Waals surface area contributed by atoms with Crippen LogP contribution < -0.4 is 19.5 Å². The van der Waals surface area contributed by atoms with Crippen molar-refractivity contribution in [2.45, 2.75) is 33.3 Å². The van der Waals surface area contributed by atoms with Gasteiger partial charge in [-0.15, -0.1) is 0 Å². The lowest BCUT2D eigenvalue weighted by atomic mass is 10.1. The second-order valence-electron chi connectivity index (χ2n) is 8.25. The van der Waals surface area contributed by atoms with Crippen LogP contribution in [0.2, 0.25) is 0 Å². The zero-order valence-corrected chi connectivity index (χ0v) is 20.1. The van der Waals surface area contributed by atoms with E-state index in [9.17, 15) is 0 Å². The van der Waals surface area contributed by atoms with Gasteiger partial charge in [0.05, 0.1) is 25.5 Å². The summed E-state index contributed by atoms with van der Waals surface area (Å²) in [6.45, 7) is 6.83. The van der Waals surface area contributed by atoms with Gasteiger partial charge in [-0.2, -0.15) is 5.10 Å². The van der Waals surface area contributed by atoms with Crippen molar-refractivity contribution >= 4 is 11.6 Å². The van der Waals surface area contributed by atoms with Crippen molar-refractivity contribution in [2.75, 3.05) is 18.5 Å². The third-order valence-electron chi connectivity index (χ3n) is 5.57. The number of anilines is 2. The Bertz CT molecular complexity index is 1350. The number of aromatic nitrogens is 6. The van der Waals surface area contributed by atoms with Crippen LogP contribution in [0.4, 0.5) is 11.6 Å². The normalized spacial score (nSPS) is 15.1. The van der Waals surface area contributed by atoms with E-state index in [-0.39, 0.29) is 6.10 Å². The van der Waals surface area contributed by atoms with Crippen LogP contribution in [-0.2, 0) is 7.05 Å². The average Bonchev–Trinajstić information content (AvgIpc) is 3.20. The minimum absolute atomic E-state index is 0.133. The van der Waals surface area contributed by atoms with Crippen LogP contribution in [-0.4, -0.2) is 49.0 Å². The maximum absolute atomic E-state index is 6.40. The van der Waals surface area contributed by atoms with Crippen molar-refractivity contribution in [2.24, 2.45) is 7.05 Å². The standard InChI is InChI=1S/C25H27N7O3/c1-5-33-24-17(7-6-15(2)29-24)18-13-27-22-12-20(18)35-16(3)9-11-34-25-19(14-28-32(25)4)23-26-10-8-21(30-22)31-23/h6-8,10,12-14,16H,5,9,11H2,1-4H3,(H,26,27,30,31)/t16-/m0/s1. The molecule has 5 heterocycles. The molecule has 0 saturated carbocycles. The molecule has 0 saturated heterocycles. The van der Waals surface area contributed by atoms with Gasteiger partial charge in [-0.05, 0) is 39.0 Å². The molecule has 0 radical (unpaired) electrons. The number of pyridine rings is 2. The summed E-state index contributed by atoms with van der Waals surface area (Å²) in [5, 5.41) is 7.59. The van der Waals surface area contributed by atoms with Gasteiger partial charge in [0.25, 0.3) is 0 Å². The van der Waals surface area contributed by atoms with Crippen molar-refractivity contribution < 1.29 is 14.2 Å². The molecule has 10 nitrogen and oxygen atoms in total. The molecule has 0 aliphatic carbocycles. The van der Waals surface area contributed by atoms with Crippen molar-refractivity contribution in [3.8, 4) is 40.0 Å². The van der Waals surface area contributed by atoms with E-state index < -0.39 is 0 Å². The zero-order valence-electron chi connectivity index (χ0n) is 20.1. The molecule has 5 rings (SSSR count). The van der Waals surface area contributed by atoms with E-state index in [4.69, 9.17) is 14.2 Å². The van der Waals surface area contributed by atoms with Crippen molar-refractivity contribution in [3.63, 3.8) is 0 Å². The number of nitrogens with one attached hydrogen (secondary N) is 1. The fourth-order valence-electron chi connectivity index (χ4n) is 3.83. The van der Waals surface area contributed by atoms with Gasteiger partial charge in [0, 0.05) is 48.7 Å². The maximum atomic E-state index is 6.40. The van der Waals surface area contributed by atoms with Gasteiger partial charge < -0.3 is 19.5 Å². The molecule has 0 fully saturated rings. The lowest BCUT2D eigenvalue weighted by Gasteiger charge is -2.20. The number of ether oxygens (including phenoxy) is 3. The quantitative estimate of drug-likeness (QED) is 0.465. The first-order chi connectivity index (χ1) is 17.0. The highest BCUT2D eigenvalue weighted by atomic mass is 16.5. The summed E-state index contributed by atoms with van der Waals surface area (Å²) in [6, 6.07) is 7.58. The molecule has 4 aromatic rings. The van der Waals surface area contributed by atoms with Crippen LogP contribution in [0, 0.1) is 6.92 Å². The Morgan fingerprint density at radius 2 is 1.97 bits per heavy atom. The van der Waals surface area contributed by atoms with E-state index in [1.807, 2.05) is 46.0 Å². The summed E-state index contributed by atoms with van der Waals surface area (Å²) in [7, 11) is 1.83. The molecule has 35 heavy (non-hydrogen) atoms. The number of aryl methyl sites for hydroxylation is 2. The fourth-order valence-corrected chi connectivity index (χ4v) is 3.83. The van der Waals surface area contributed by atoms with Gasteiger partial charge in [-0.1, -0.05) is 0 Å². The van der Waals surface area contributed by atoms with Gasteiger partial charge in [0.2, 0.25) is 11.8 Å². The Balaban J connectivity index is 1.58. The first-order valence-electron chi connectivity index (χ1n) is 11.5. The van der Waals surface area contributed by atoms with Crippen LogP contribution in [0.25, 0.3) is 22.5 Å². The molecule has 0 aromatic carbocycles. The summed E-state index contributed by atoms with van der Waals surface area (Å²) in [5.74, 6) is 3.52. The Morgan fingerprint density at radius 1 is 1.09 bits per heavy atom. The highest BCUT2D eigenvalue weighted by Crippen LogP contribution is 2.38. The molecular weight excluding hydrogens is 446 g/mol. The number of rotatable bonds is 3. The summed E-state index contributed by atoms with van der Waals surface area (Å²) in [6.07, 6.45) is 5.68. The number of hydrogen-bond acceptors (Lipinski definition) is 9. The zero-order chi connectivity index (χ0) is 24.4. The van der Waals surface area contributed by atoms with Crippen molar-refractivity contribution in [1.82, 2.24) is 29.7 Å². The van der Waals surface area contributed by atoms with Gasteiger partial charge in [-0.3, -0.25) is 0 Å². The van der Waals surface area contributed by atoms with Crippen LogP contribution in [0.1, 0.15) is 26.0 Å². The topological polar surface area (TPSA) is 109 Å². The third kappa shape index (κ3) is 4.72. The summed E-state index contributed by atoms with van der Waals surface area (Å²) >= 11 is 0. The summed E-state index contributed by atoms with van der Waals surface area (Å²) < 4.78 is 20.0. The molecule has 0 amide bonds. The average molecular weight is 474 g/mol. The van der Waals surface area contributed by atoms with Crippen LogP contribution in [0.3, 0.4) is 0 Å². The predicted octanol–water partition coefficient (Wildman–Crippen LogP) is 4.33. The van der Waals surface area contributed by atoms with E-state index in [0.29, 0.717) is 54.6 Å². The number of fused-ring (bicyclic) bond motifs is 6. The van der Waals surface area contributed by atoms with E-state index in [1.165, 1.54) is 0 Å². The maximum Gasteiger partial charge on any atom is 0.222 e. The second kappa shape index (κ2) is 9.57. The largest absolute Gasteiger partial charge is 0.490 e. The molecule has 1 N–H and O–H groups in total. The Kier molecular flexibility index (Phi) is 6.17. The molecule has 1 atom stereocenters. The summed E-state index contributed by atoms with van der Waals surface area (Å²) in [5.41, 5.74) is 3.21. The predicted molar refractivity (Wildman–Crippen MR) is 131 cm³/mol. The van der Waals surface area contributed by atoms with Crippen LogP contribution >= 0.6 is 0 Å². The highest BCUT2D eigenvalue weighted by molar-refractivity contribution is 5.76. The lowest BCUT2D eigenvalue weighted by Crippen LogP contribution is -2.17. The Labute approximate surface area is 203 Å². The molecule has 1 aliphatic rings. The molecule has 0 unspecified atom stereocenters. The molecule has 1 aliphatic heterocycles. The van der Waals surface area contributed by atoms with Crippen molar-refractivity contribution in [1.29, 1.82) is 0 Å². The first kappa shape index (κ1) is 22.6. The molecule has 10 heteroatoms. The molecule has 4 aromatic heterocycles. The molecule has 180 valence electrons. The smallest absolute Gasteiger partial charge is 0.222 e. The third-order valence-corrected chi connectivity index (χ3v) is 5.57. The lowest BCUT2D eigenvalue weighted by molar-refractivity contribution is 0.173. The van der Waals surface area contributed by atoms with E-state index in [2.05, 4.69) is 30.4 Å². The van der Waals surface area contributed by atoms with E-state index in [0.717, 1.165) is 22.4 Å². The van der Waals surface area contributed by atoms with E-state index in [1.54, 1.807) is 29.3 Å². The summed E-state index contributed by atoms with van der Waals surface area (Å²) in [4.78, 5) is 18.3. The number of nitrogens with zero attached hydrogens (tertiary/aromatic N) is 6. The monoisotopic (exact) mass is 473 g/mol. The minimum Gasteiger partial charge on any atom is -0.490 e. The number of hydrogen-bond donors (Lipinski definition) is 1. The first-order valence-corrected chi connectivity index (χ1v) is 11.5.